The number of anilines is 1. The van der Waals surface area contributed by atoms with Crippen molar-refractivity contribution in [3.63, 3.8) is 0 Å². The van der Waals surface area contributed by atoms with Crippen LogP contribution in [0.3, 0.4) is 0 Å². The number of rotatable bonds is 3. The molecule has 3 rings (SSSR count). The molecule has 0 atom stereocenters. The van der Waals surface area contributed by atoms with Crippen LogP contribution in [0.4, 0.5) is 5.95 Å². The fourth-order valence-corrected chi connectivity index (χ4v) is 3.07. The zero-order valence-corrected chi connectivity index (χ0v) is 14.1. The molecule has 1 saturated heterocycles. The Balaban J connectivity index is 2.07. The van der Waals surface area contributed by atoms with Gasteiger partial charge in [-0.1, -0.05) is 30.0 Å². The molecule has 1 aromatic heterocycles. The van der Waals surface area contributed by atoms with Gasteiger partial charge < -0.3 is 10.2 Å². The first kappa shape index (κ1) is 15.2. The molecule has 1 N–H and O–H groups in total. The van der Waals surface area contributed by atoms with Crippen molar-refractivity contribution in [1.29, 1.82) is 0 Å². The number of aryl methyl sites for hydroxylation is 2. The summed E-state index contributed by atoms with van der Waals surface area (Å²) in [6.45, 7) is 8.02. The number of nitrogens with one attached hydrogen (secondary N) is 1. The summed E-state index contributed by atoms with van der Waals surface area (Å²) in [5.41, 5.74) is 3.52. The second kappa shape index (κ2) is 6.62. The number of piperazine rings is 1. The summed E-state index contributed by atoms with van der Waals surface area (Å²) < 4.78 is 0. The van der Waals surface area contributed by atoms with E-state index >= 15 is 0 Å². The molecule has 0 spiro atoms. The Kier molecular flexibility index (Phi) is 4.59. The smallest absolute Gasteiger partial charge is 0.230 e. The molecule has 0 saturated carbocycles. The third kappa shape index (κ3) is 3.08. The van der Waals surface area contributed by atoms with Gasteiger partial charge in [-0.2, -0.15) is 9.97 Å². The van der Waals surface area contributed by atoms with E-state index in [0.717, 1.165) is 48.7 Å². The molecule has 0 amide bonds. The van der Waals surface area contributed by atoms with Crippen LogP contribution in [-0.4, -0.2) is 47.4 Å². The Morgan fingerprint density at radius 2 is 1.73 bits per heavy atom. The van der Waals surface area contributed by atoms with E-state index in [1.54, 1.807) is 11.8 Å². The number of aromatic nitrogens is 3. The largest absolute Gasteiger partial charge is 0.338 e. The summed E-state index contributed by atoms with van der Waals surface area (Å²) >= 11 is 1.56. The van der Waals surface area contributed by atoms with E-state index in [-0.39, 0.29) is 0 Å². The molecule has 2 aromatic rings. The first-order valence-corrected chi connectivity index (χ1v) is 8.74. The third-order valence-corrected chi connectivity index (χ3v) is 4.44. The summed E-state index contributed by atoms with van der Waals surface area (Å²) in [6, 6.07) is 6.28. The maximum Gasteiger partial charge on any atom is 0.230 e. The average molecular weight is 315 g/mol. The van der Waals surface area contributed by atoms with Crippen molar-refractivity contribution in [1.82, 2.24) is 20.3 Å². The van der Waals surface area contributed by atoms with E-state index in [1.165, 1.54) is 11.1 Å². The van der Waals surface area contributed by atoms with Crippen molar-refractivity contribution in [2.24, 2.45) is 0 Å². The first-order chi connectivity index (χ1) is 10.7. The minimum absolute atomic E-state index is 0.779. The molecular formula is C16H21N5S. The highest BCUT2D eigenvalue weighted by atomic mass is 32.2. The molecule has 0 bridgehead atoms. The second-order valence-electron chi connectivity index (χ2n) is 5.45. The predicted octanol–water partition coefficient (Wildman–Crippen LogP) is 2.29. The SMILES string of the molecule is CSc1nc(-c2c(C)cccc2C)nc(N2CCNCC2)n1. The van der Waals surface area contributed by atoms with Crippen molar-refractivity contribution in [2.45, 2.75) is 19.0 Å². The van der Waals surface area contributed by atoms with Gasteiger partial charge in [-0.15, -0.1) is 0 Å². The van der Waals surface area contributed by atoms with Gasteiger partial charge in [-0.3, -0.25) is 0 Å². The summed E-state index contributed by atoms with van der Waals surface area (Å²) in [5.74, 6) is 1.57. The molecule has 116 valence electrons. The summed E-state index contributed by atoms with van der Waals surface area (Å²) in [4.78, 5) is 16.2. The van der Waals surface area contributed by atoms with E-state index in [4.69, 9.17) is 4.98 Å². The fraction of sp³-hybridized carbons (Fsp3) is 0.438. The molecule has 2 heterocycles. The minimum Gasteiger partial charge on any atom is -0.338 e. The lowest BCUT2D eigenvalue weighted by Gasteiger charge is -2.27. The molecule has 1 aromatic carbocycles. The van der Waals surface area contributed by atoms with Crippen LogP contribution in [-0.2, 0) is 0 Å². The first-order valence-electron chi connectivity index (χ1n) is 7.51. The number of benzene rings is 1. The van der Waals surface area contributed by atoms with E-state index in [0.29, 0.717) is 0 Å². The van der Waals surface area contributed by atoms with E-state index in [2.05, 4.69) is 52.2 Å². The molecule has 1 fully saturated rings. The predicted molar refractivity (Wildman–Crippen MR) is 91.6 cm³/mol. The molecule has 0 unspecified atom stereocenters. The summed E-state index contributed by atoms with van der Waals surface area (Å²) in [5, 5.41) is 4.14. The van der Waals surface area contributed by atoms with Crippen molar-refractivity contribution >= 4 is 17.7 Å². The van der Waals surface area contributed by atoms with Crippen LogP contribution in [0, 0.1) is 13.8 Å². The molecular weight excluding hydrogens is 294 g/mol. The lowest BCUT2D eigenvalue weighted by molar-refractivity contribution is 0.576. The number of thioether (sulfide) groups is 1. The topological polar surface area (TPSA) is 53.9 Å². The van der Waals surface area contributed by atoms with Gasteiger partial charge >= 0.3 is 0 Å². The number of hydrogen-bond acceptors (Lipinski definition) is 6. The van der Waals surface area contributed by atoms with Crippen LogP contribution in [0.25, 0.3) is 11.4 Å². The normalized spacial score (nSPS) is 15.1. The maximum atomic E-state index is 4.76. The molecule has 1 aliphatic heterocycles. The Morgan fingerprint density at radius 3 is 2.36 bits per heavy atom. The lowest BCUT2D eigenvalue weighted by Crippen LogP contribution is -2.44. The average Bonchev–Trinajstić information content (AvgIpc) is 2.55. The summed E-state index contributed by atoms with van der Waals surface area (Å²) in [6.07, 6.45) is 2.01. The molecule has 0 aliphatic carbocycles. The van der Waals surface area contributed by atoms with Gasteiger partial charge in [-0.05, 0) is 31.2 Å². The Bertz CT molecular complexity index is 647. The highest BCUT2D eigenvalue weighted by molar-refractivity contribution is 7.98. The van der Waals surface area contributed by atoms with Gasteiger partial charge in [0.1, 0.15) is 0 Å². The van der Waals surface area contributed by atoms with Crippen LogP contribution < -0.4 is 10.2 Å². The van der Waals surface area contributed by atoms with Gasteiger partial charge in [0, 0.05) is 31.7 Å². The Morgan fingerprint density at radius 1 is 1.05 bits per heavy atom. The standard InChI is InChI=1S/C16H21N5S/c1-11-5-4-6-12(2)13(11)14-18-15(20-16(19-14)22-3)21-9-7-17-8-10-21/h4-6,17H,7-10H2,1-3H3. The molecule has 1 aliphatic rings. The van der Waals surface area contributed by atoms with E-state index in [9.17, 15) is 0 Å². The molecule has 5 nitrogen and oxygen atoms in total. The van der Waals surface area contributed by atoms with Crippen molar-refractivity contribution in [2.75, 3.05) is 37.3 Å². The maximum absolute atomic E-state index is 4.76. The van der Waals surface area contributed by atoms with Crippen molar-refractivity contribution < 1.29 is 0 Å². The molecule has 6 heteroatoms. The zero-order valence-electron chi connectivity index (χ0n) is 13.3. The second-order valence-corrected chi connectivity index (χ2v) is 6.22. The van der Waals surface area contributed by atoms with Crippen molar-refractivity contribution in [3.05, 3.63) is 29.3 Å². The van der Waals surface area contributed by atoms with Gasteiger partial charge in [0.15, 0.2) is 11.0 Å². The highest BCUT2D eigenvalue weighted by Gasteiger charge is 2.18. The van der Waals surface area contributed by atoms with Gasteiger partial charge in [-0.25, -0.2) is 4.98 Å². The van der Waals surface area contributed by atoms with Crippen LogP contribution in [0.15, 0.2) is 23.4 Å². The Hall–Kier alpha value is -1.66. The quantitative estimate of drug-likeness (QED) is 0.877. The fourth-order valence-electron chi connectivity index (χ4n) is 2.72. The van der Waals surface area contributed by atoms with Crippen LogP contribution >= 0.6 is 11.8 Å². The van der Waals surface area contributed by atoms with Gasteiger partial charge in [0.05, 0.1) is 0 Å². The summed E-state index contributed by atoms with van der Waals surface area (Å²) in [7, 11) is 0. The number of nitrogens with zero attached hydrogens (tertiary/aromatic N) is 4. The molecule has 22 heavy (non-hydrogen) atoms. The minimum atomic E-state index is 0.779. The number of hydrogen-bond donors (Lipinski definition) is 1. The van der Waals surface area contributed by atoms with E-state index < -0.39 is 0 Å². The van der Waals surface area contributed by atoms with Gasteiger partial charge in [0.25, 0.3) is 0 Å². The zero-order chi connectivity index (χ0) is 15.5. The Labute approximate surface area is 135 Å². The van der Waals surface area contributed by atoms with Crippen LogP contribution in [0.5, 0.6) is 0 Å². The van der Waals surface area contributed by atoms with Crippen LogP contribution in [0.1, 0.15) is 11.1 Å². The third-order valence-electron chi connectivity index (χ3n) is 3.89. The monoisotopic (exact) mass is 315 g/mol. The lowest BCUT2D eigenvalue weighted by atomic mass is 10.0. The van der Waals surface area contributed by atoms with E-state index in [1.807, 2.05) is 6.26 Å². The molecule has 0 radical (unpaired) electrons. The van der Waals surface area contributed by atoms with Crippen LogP contribution in [0.2, 0.25) is 0 Å². The highest BCUT2D eigenvalue weighted by Crippen LogP contribution is 2.27. The van der Waals surface area contributed by atoms with Gasteiger partial charge in [0.2, 0.25) is 5.95 Å². The van der Waals surface area contributed by atoms with Crippen molar-refractivity contribution in [3.8, 4) is 11.4 Å².